The molecule has 3 rings (SSSR count). The zero-order chi connectivity index (χ0) is 13.1. The molecule has 1 fully saturated rings. The molecule has 0 unspecified atom stereocenters. The lowest BCUT2D eigenvalue weighted by atomic mass is 10.0. The number of aromatic nitrogens is 2. The number of nitrogens with one attached hydrogen (secondary N) is 1. The second-order valence-corrected chi connectivity index (χ2v) is 6.15. The molecule has 1 aliphatic carbocycles. The molecular weight excluding hydrogens is 234 g/mol. The summed E-state index contributed by atoms with van der Waals surface area (Å²) in [7, 11) is 0. The van der Waals surface area contributed by atoms with Crippen LogP contribution < -0.4 is 5.32 Å². The highest BCUT2D eigenvalue weighted by molar-refractivity contribution is 5.20. The summed E-state index contributed by atoms with van der Waals surface area (Å²) in [5.41, 5.74) is 2.82. The van der Waals surface area contributed by atoms with Crippen LogP contribution in [0.1, 0.15) is 62.7 Å². The van der Waals surface area contributed by atoms with E-state index in [1.807, 2.05) is 0 Å². The quantitative estimate of drug-likeness (QED) is 0.883. The molecule has 1 aromatic heterocycles. The summed E-state index contributed by atoms with van der Waals surface area (Å²) in [6, 6.07) is 0. The third-order valence-electron chi connectivity index (χ3n) is 4.85. The summed E-state index contributed by atoms with van der Waals surface area (Å²) >= 11 is 0. The van der Waals surface area contributed by atoms with Crippen molar-refractivity contribution in [1.29, 1.82) is 0 Å². The Hall–Kier alpha value is -0.830. The fourth-order valence-corrected chi connectivity index (χ4v) is 3.80. The van der Waals surface area contributed by atoms with Crippen LogP contribution in [0.2, 0.25) is 0 Å². The van der Waals surface area contributed by atoms with Crippen LogP contribution >= 0.6 is 0 Å². The van der Waals surface area contributed by atoms with Crippen molar-refractivity contribution in [3.63, 3.8) is 0 Å². The van der Waals surface area contributed by atoms with Gasteiger partial charge in [0.05, 0.1) is 5.69 Å². The van der Waals surface area contributed by atoms with E-state index in [2.05, 4.69) is 16.8 Å². The van der Waals surface area contributed by atoms with Crippen LogP contribution in [0.5, 0.6) is 0 Å². The molecule has 19 heavy (non-hydrogen) atoms. The van der Waals surface area contributed by atoms with E-state index in [4.69, 9.17) is 4.98 Å². The van der Waals surface area contributed by atoms with Crippen LogP contribution in [0.15, 0.2) is 0 Å². The Labute approximate surface area is 116 Å². The van der Waals surface area contributed by atoms with Gasteiger partial charge in [0.1, 0.15) is 5.82 Å². The second kappa shape index (κ2) is 6.08. The molecule has 0 bridgehead atoms. The average Bonchev–Trinajstić information content (AvgIpc) is 3.06. The Morgan fingerprint density at radius 3 is 2.95 bits per heavy atom. The molecule has 3 nitrogen and oxygen atoms in total. The van der Waals surface area contributed by atoms with E-state index in [0.717, 1.165) is 31.8 Å². The van der Waals surface area contributed by atoms with Gasteiger partial charge in [-0.1, -0.05) is 32.6 Å². The van der Waals surface area contributed by atoms with E-state index in [1.165, 1.54) is 62.3 Å². The van der Waals surface area contributed by atoms with Crippen molar-refractivity contribution in [3.05, 3.63) is 17.2 Å². The molecular formula is C16H27N3. The molecule has 2 aliphatic rings. The average molecular weight is 261 g/mol. The fourth-order valence-electron chi connectivity index (χ4n) is 3.80. The van der Waals surface area contributed by atoms with Crippen LogP contribution in [0.25, 0.3) is 0 Å². The molecule has 0 atom stereocenters. The van der Waals surface area contributed by atoms with Gasteiger partial charge in [-0.25, -0.2) is 4.98 Å². The Balaban J connectivity index is 1.63. The summed E-state index contributed by atoms with van der Waals surface area (Å²) in [4.78, 5) is 4.82. The Morgan fingerprint density at radius 1 is 1.32 bits per heavy atom. The monoisotopic (exact) mass is 261 g/mol. The summed E-state index contributed by atoms with van der Waals surface area (Å²) in [5, 5.41) is 3.43. The molecule has 2 heterocycles. The van der Waals surface area contributed by atoms with Gasteiger partial charge in [0.2, 0.25) is 0 Å². The van der Waals surface area contributed by atoms with Crippen LogP contribution in [-0.4, -0.2) is 16.1 Å². The summed E-state index contributed by atoms with van der Waals surface area (Å²) in [6.45, 7) is 5.51. The van der Waals surface area contributed by atoms with E-state index in [-0.39, 0.29) is 0 Å². The number of hydrogen-bond donors (Lipinski definition) is 1. The summed E-state index contributed by atoms with van der Waals surface area (Å²) in [6.07, 6.45) is 10.9. The van der Waals surface area contributed by atoms with E-state index in [0.29, 0.717) is 0 Å². The van der Waals surface area contributed by atoms with Gasteiger partial charge in [0, 0.05) is 38.2 Å². The minimum absolute atomic E-state index is 0.970. The molecule has 1 aromatic rings. The fraction of sp³-hybridized carbons (Fsp3) is 0.812. The first kappa shape index (κ1) is 13.2. The number of fused-ring (bicyclic) bond motifs is 1. The van der Waals surface area contributed by atoms with Crippen molar-refractivity contribution >= 4 is 0 Å². The third-order valence-corrected chi connectivity index (χ3v) is 4.85. The Kier molecular flexibility index (Phi) is 4.21. The summed E-state index contributed by atoms with van der Waals surface area (Å²) in [5.74, 6) is 2.33. The number of rotatable bonds is 5. The zero-order valence-corrected chi connectivity index (χ0v) is 12.2. The van der Waals surface area contributed by atoms with Crippen molar-refractivity contribution < 1.29 is 0 Å². The number of nitrogens with zero attached hydrogens (tertiary/aromatic N) is 2. The van der Waals surface area contributed by atoms with E-state index >= 15 is 0 Å². The van der Waals surface area contributed by atoms with Crippen LogP contribution in [0.3, 0.4) is 0 Å². The molecule has 1 aliphatic heterocycles. The van der Waals surface area contributed by atoms with Crippen LogP contribution in [-0.2, 0) is 25.9 Å². The number of aryl methyl sites for hydroxylation is 1. The van der Waals surface area contributed by atoms with Crippen molar-refractivity contribution in [2.75, 3.05) is 6.54 Å². The maximum absolute atomic E-state index is 4.82. The van der Waals surface area contributed by atoms with E-state index in [1.54, 1.807) is 0 Å². The van der Waals surface area contributed by atoms with Gasteiger partial charge in [-0.2, -0.15) is 0 Å². The smallest absolute Gasteiger partial charge is 0.108 e. The molecule has 0 radical (unpaired) electrons. The topological polar surface area (TPSA) is 29.9 Å². The lowest BCUT2D eigenvalue weighted by Gasteiger charge is -2.17. The molecule has 0 aromatic carbocycles. The molecule has 106 valence electrons. The molecule has 0 amide bonds. The van der Waals surface area contributed by atoms with Gasteiger partial charge in [-0.15, -0.1) is 0 Å². The maximum Gasteiger partial charge on any atom is 0.108 e. The minimum Gasteiger partial charge on any atom is -0.332 e. The standard InChI is InChI=1S/C16H27N3/c1-2-16-18-14-12-17-10-9-15(14)19(16)11-5-8-13-6-3-4-7-13/h13,17H,2-12H2,1H3. The van der Waals surface area contributed by atoms with Crippen molar-refractivity contribution in [1.82, 2.24) is 14.9 Å². The SMILES string of the molecule is CCc1nc2c(n1CCCC1CCCC1)CCNC2. The normalized spacial score (nSPS) is 19.8. The van der Waals surface area contributed by atoms with Crippen LogP contribution in [0.4, 0.5) is 0 Å². The van der Waals surface area contributed by atoms with Gasteiger partial charge in [0.25, 0.3) is 0 Å². The molecule has 3 heteroatoms. The van der Waals surface area contributed by atoms with Gasteiger partial charge in [-0.05, 0) is 18.8 Å². The highest BCUT2D eigenvalue weighted by Gasteiger charge is 2.19. The Morgan fingerprint density at radius 2 is 2.16 bits per heavy atom. The maximum atomic E-state index is 4.82. The van der Waals surface area contributed by atoms with E-state index < -0.39 is 0 Å². The van der Waals surface area contributed by atoms with Gasteiger partial charge < -0.3 is 9.88 Å². The minimum atomic E-state index is 0.970. The Bertz CT molecular complexity index is 416. The molecule has 1 saturated carbocycles. The first-order chi connectivity index (χ1) is 9.38. The van der Waals surface area contributed by atoms with Crippen molar-refractivity contribution in [2.24, 2.45) is 5.92 Å². The molecule has 0 spiro atoms. The van der Waals surface area contributed by atoms with Crippen LogP contribution in [0, 0.1) is 5.92 Å². The molecule has 1 N–H and O–H groups in total. The second-order valence-electron chi connectivity index (χ2n) is 6.15. The van der Waals surface area contributed by atoms with Crippen molar-refractivity contribution in [3.8, 4) is 0 Å². The highest BCUT2D eigenvalue weighted by atomic mass is 15.1. The lowest BCUT2D eigenvalue weighted by molar-refractivity contribution is 0.449. The summed E-state index contributed by atoms with van der Waals surface area (Å²) < 4.78 is 2.53. The molecule has 0 saturated heterocycles. The van der Waals surface area contributed by atoms with Gasteiger partial charge in [-0.3, -0.25) is 0 Å². The van der Waals surface area contributed by atoms with Crippen molar-refractivity contribution in [2.45, 2.75) is 71.4 Å². The van der Waals surface area contributed by atoms with Gasteiger partial charge >= 0.3 is 0 Å². The zero-order valence-electron chi connectivity index (χ0n) is 12.2. The lowest BCUT2D eigenvalue weighted by Crippen LogP contribution is -2.25. The third kappa shape index (κ3) is 2.86. The number of imidazole rings is 1. The largest absolute Gasteiger partial charge is 0.332 e. The first-order valence-corrected chi connectivity index (χ1v) is 8.16. The van der Waals surface area contributed by atoms with Gasteiger partial charge in [0.15, 0.2) is 0 Å². The highest BCUT2D eigenvalue weighted by Crippen LogP contribution is 2.29. The predicted octanol–water partition coefficient (Wildman–Crippen LogP) is 3.06. The number of hydrogen-bond acceptors (Lipinski definition) is 2. The predicted molar refractivity (Wildman–Crippen MR) is 78.2 cm³/mol. The van der Waals surface area contributed by atoms with E-state index in [9.17, 15) is 0 Å². The first-order valence-electron chi connectivity index (χ1n) is 8.16.